The summed E-state index contributed by atoms with van der Waals surface area (Å²) in [6.45, 7) is 0. The van der Waals surface area contributed by atoms with Crippen LogP contribution in [0.4, 0.5) is 26.3 Å². The maximum absolute atomic E-state index is 12.7. The zero-order valence-electron chi connectivity index (χ0n) is 8.86. The van der Waals surface area contributed by atoms with Crippen LogP contribution >= 0.6 is 0 Å². The Hall–Kier alpha value is -2.24. The molecule has 0 atom stereocenters. The first kappa shape index (κ1) is 14.8. The van der Waals surface area contributed by atoms with Crippen molar-refractivity contribution in [3.8, 4) is 6.07 Å². The fourth-order valence-corrected chi connectivity index (χ4v) is 1.45. The lowest BCUT2D eigenvalue weighted by Gasteiger charge is -2.17. The maximum Gasteiger partial charge on any atom is 0.418 e. The van der Waals surface area contributed by atoms with Crippen molar-refractivity contribution in [2.75, 3.05) is 0 Å². The first-order chi connectivity index (χ1) is 8.50. The van der Waals surface area contributed by atoms with Crippen molar-refractivity contribution in [3.05, 3.63) is 34.4 Å². The summed E-state index contributed by atoms with van der Waals surface area (Å²) in [5.74, 6) is -1.42. The second-order valence-corrected chi connectivity index (χ2v) is 3.38. The van der Waals surface area contributed by atoms with Gasteiger partial charge in [0.1, 0.15) is 6.07 Å². The summed E-state index contributed by atoms with van der Waals surface area (Å²) < 4.78 is 75.5. The number of rotatable bonds is 1. The molecule has 0 aromatic heterocycles. The Balaban J connectivity index is 3.83. The minimum Gasteiger partial charge on any atom is -0.366 e. The van der Waals surface area contributed by atoms with Crippen molar-refractivity contribution < 1.29 is 31.1 Å². The standard InChI is InChI=1S/C10H4F6N2O/c11-9(12,13)6-2-1-4(8(18)19)5(3-17)7(6)10(14,15)16/h1-2H,(H2,18,19). The monoisotopic (exact) mass is 282 g/mol. The van der Waals surface area contributed by atoms with Gasteiger partial charge in [0.2, 0.25) is 5.91 Å². The smallest absolute Gasteiger partial charge is 0.366 e. The molecule has 0 saturated heterocycles. The number of carbonyl (C=O) groups excluding carboxylic acids is 1. The quantitative estimate of drug-likeness (QED) is 0.805. The van der Waals surface area contributed by atoms with Crippen molar-refractivity contribution in [1.82, 2.24) is 0 Å². The summed E-state index contributed by atoms with van der Waals surface area (Å²) in [4.78, 5) is 10.8. The maximum atomic E-state index is 12.7. The summed E-state index contributed by atoms with van der Waals surface area (Å²) >= 11 is 0. The van der Waals surface area contributed by atoms with E-state index in [4.69, 9.17) is 11.0 Å². The van der Waals surface area contributed by atoms with Crippen LogP contribution in [0.25, 0.3) is 0 Å². The van der Waals surface area contributed by atoms with E-state index in [2.05, 4.69) is 0 Å². The number of amides is 1. The second-order valence-electron chi connectivity index (χ2n) is 3.38. The molecule has 0 aliphatic heterocycles. The van der Waals surface area contributed by atoms with Crippen LogP contribution in [0, 0.1) is 11.3 Å². The van der Waals surface area contributed by atoms with Crippen molar-refractivity contribution in [1.29, 1.82) is 5.26 Å². The highest BCUT2D eigenvalue weighted by Crippen LogP contribution is 2.42. The van der Waals surface area contributed by atoms with Gasteiger partial charge in [0.25, 0.3) is 0 Å². The number of primary amides is 1. The molecular formula is C10H4F6N2O. The average molecular weight is 282 g/mol. The molecule has 1 amide bonds. The minimum atomic E-state index is -5.44. The largest absolute Gasteiger partial charge is 0.418 e. The lowest BCUT2D eigenvalue weighted by Crippen LogP contribution is -2.22. The molecule has 0 bridgehead atoms. The van der Waals surface area contributed by atoms with E-state index in [1.54, 1.807) is 0 Å². The molecule has 1 aromatic rings. The van der Waals surface area contributed by atoms with Crippen LogP contribution in [-0.4, -0.2) is 5.91 Å². The Kier molecular flexibility index (Phi) is 3.48. The number of benzene rings is 1. The molecule has 0 aliphatic rings. The van der Waals surface area contributed by atoms with E-state index < -0.39 is 40.5 Å². The van der Waals surface area contributed by atoms with Crippen LogP contribution in [-0.2, 0) is 12.4 Å². The van der Waals surface area contributed by atoms with E-state index in [1.807, 2.05) is 0 Å². The van der Waals surface area contributed by atoms with Crippen molar-refractivity contribution in [2.45, 2.75) is 12.4 Å². The van der Waals surface area contributed by atoms with Gasteiger partial charge in [0.15, 0.2) is 0 Å². The Bertz CT molecular complexity index is 567. The van der Waals surface area contributed by atoms with Gasteiger partial charge in [-0.1, -0.05) is 0 Å². The number of nitrogens with two attached hydrogens (primary N) is 1. The number of hydrogen-bond donors (Lipinski definition) is 1. The lowest BCUT2D eigenvalue weighted by atomic mass is 9.95. The van der Waals surface area contributed by atoms with E-state index in [9.17, 15) is 31.1 Å². The Morgan fingerprint density at radius 1 is 1.11 bits per heavy atom. The van der Waals surface area contributed by atoms with Gasteiger partial charge < -0.3 is 5.73 Å². The van der Waals surface area contributed by atoms with Gasteiger partial charge in [-0.3, -0.25) is 4.79 Å². The zero-order valence-corrected chi connectivity index (χ0v) is 8.86. The van der Waals surface area contributed by atoms with E-state index in [-0.39, 0.29) is 6.07 Å². The first-order valence-corrected chi connectivity index (χ1v) is 4.51. The number of halogens is 6. The van der Waals surface area contributed by atoms with Gasteiger partial charge in [-0.05, 0) is 12.1 Å². The molecule has 9 heteroatoms. The number of nitrogens with zero attached hydrogens (tertiary/aromatic N) is 1. The normalized spacial score (nSPS) is 12.1. The molecule has 102 valence electrons. The minimum absolute atomic E-state index is 0.0732. The van der Waals surface area contributed by atoms with Gasteiger partial charge in [-0.25, -0.2) is 0 Å². The fraction of sp³-hybridized carbons (Fsp3) is 0.200. The molecule has 1 aromatic carbocycles. The third kappa shape index (κ3) is 2.78. The topological polar surface area (TPSA) is 66.9 Å². The molecule has 0 aliphatic carbocycles. The predicted molar refractivity (Wildman–Crippen MR) is 49.7 cm³/mol. The highest BCUT2D eigenvalue weighted by molar-refractivity contribution is 5.96. The van der Waals surface area contributed by atoms with Gasteiger partial charge >= 0.3 is 12.4 Å². The van der Waals surface area contributed by atoms with Crippen LogP contribution in [0.1, 0.15) is 27.0 Å². The van der Waals surface area contributed by atoms with Crippen molar-refractivity contribution >= 4 is 5.91 Å². The van der Waals surface area contributed by atoms with Crippen LogP contribution in [0.2, 0.25) is 0 Å². The van der Waals surface area contributed by atoms with Crippen molar-refractivity contribution in [3.63, 3.8) is 0 Å². The van der Waals surface area contributed by atoms with E-state index in [0.717, 1.165) is 6.07 Å². The highest BCUT2D eigenvalue weighted by atomic mass is 19.4. The molecular weight excluding hydrogens is 278 g/mol. The molecule has 3 nitrogen and oxygen atoms in total. The number of carbonyl (C=O) groups is 1. The summed E-state index contributed by atoms with van der Waals surface area (Å²) in [7, 11) is 0. The number of alkyl halides is 6. The average Bonchev–Trinajstić information content (AvgIpc) is 2.24. The van der Waals surface area contributed by atoms with E-state index in [0.29, 0.717) is 6.07 Å². The lowest BCUT2D eigenvalue weighted by molar-refractivity contribution is -0.162. The summed E-state index contributed by atoms with van der Waals surface area (Å²) in [5, 5.41) is 8.58. The first-order valence-electron chi connectivity index (χ1n) is 4.51. The third-order valence-electron chi connectivity index (χ3n) is 2.17. The Morgan fingerprint density at radius 2 is 1.63 bits per heavy atom. The Morgan fingerprint density at radius 3 is 1.95 bits per heavy atom. The number of nitriles is 1. The van der Waals surface area contributed by atoms with Crippen molar-refractivity contribution in [2.24, 2.45) is 5.73 Å². The van der Waals surface area contributed by atoms with Crippen LogP contribution in [0.5, 0.6) is 0 Å². The summed E-state index contributed by atoms with van der Waals surface area (Å²) in [6.07, 6.45) is -10.8. The van der Waals surface area contributed by atoms with E-state index >= 15 is 0 Å². The molecule has 1 rings (SSSR count). The second kappa shape index (κ2) is 4.46. The van der Waals surface area contributed by atoms with Crippen LogP contribution in [0.3, 0.4) is 0 Å². The Labute approximate surface area is 102 Å². The molecule has 19 heavy (non-hydrogen) atoms. The molecule has 0 unspecified atom stereocenters. The zero-order chi connectivity index (χ0) is 15.0. The summed E-state index contributed by atoms with van der Waals surface area (Å²) in [5.41, 5.74) is -1.88. The molecule has 0 saturated carbocycles. The third-order valence-corrected chi connectivity index (χ3v) is 2.17. The molecule has 0 radical (unpaired) electrons. The highest BCUT2D eigenvalue weighted by Gasteiger charge is 2.46. The van der Waals surface area contributed by atoms with Crippen LogP contribution in [0.15, 0.2) is 12.1 Å². The molecule has 0 fully saturated rings. The SMILES string of the molecule is N#Cc1c(C(N)=O)ccc(C(F)(F)F)c1C(F)(F)F. The molecule has 2 N–H and O–H groups in total. The van der Waals surface area contributed by atoms with Gasteiger partial charge in [0, 0.05) is 0 Å². The molecule has 0 heterocycles. The van der Waals surface area contributed by atoms with E-state index in [1.165, 1.54) is 0 Å². The fourth-order valence-electron chi connectivity index (χ4n) is 1.45. The summed E-state index contributed by atoms with van der Waals surface area (Å²) in [6, 6.07) is 1.46. The number of hydrogen-bond acceptors (Lipinski definition) is 2. The van der Waals surface area contributed by atoms with Crippen LogP contribution < -0.4 is 5.73 Å². The molecule has 0 spiro atoms. The predicted octanol–water partition coefficient (Wildman–Crippen LogP) is 2.69. The van der Waals surface area contributed by atoms with Gasteiger partial charge in [0.05, 0.1) is 22.3 Å². The van der Waals surface area contributed by atoms with Gasteiger partial charge in [-0.2, -0.15) is 31.6 Å². The van der Waals surface area contributed by atoms with Gasteiger partial charge in [-0.15, -0.1) is 0 Å².